The Kier molecular flexibility index (Phi) is 4.99. The van der Waals surface area contributed by atoms with Gasteiger partial charge in [-0.3, -0.25) is 4.99 Å². The lowest BCUT2D eigenvalue weighted by atomic mass is 9.73. The minimum atomic E-state index is 0.137. The zero-order valence-electron chi connectivity index (χ0n) is 13.9. The lowest BCUT2D eigenvalue weighted by Crippen LogP contribution is -2.44. The van der Waals surface area contributed by atoms with Gasteiger partial charge in [0.15, 0.2) is 0 Å². The molecule has 2 aliphatic heterocycles. The van der Waals surface area contributed by atoms with Gasteiger partial charge in [0, 0.05) is 21.1 Å². The zero-order valence-corrected chi connectivity index (χ0v) is 16.2. The lowest BCUT2D eigenvalue weighted by Gasteiger charge is -2.42. The van der Waals surface area contributed by atoms with E-state index in [-0.39, 0.29) is 5.41 Å². The first-order valence-electron chi connectivity index (χ1n) is 8.58. The van der Waals surface area contributed by atoms with E-state index in [0.29, 0.717) is 16.6 Å². The molecule has 0 bridgehead atoms. The van der Waals surface area contributed by atoms with Gasteiger partial charge < -0.3 is 5.32 Å². The average molecular weight is 391 g/mol. The summed E-state index contributed by atoms with van der Waals surface area (Å²) >= 11 is 14.4. The Morgan fingerprint density at radius 1 is 1.08 bits per heavy atom. The van der Waals surface area contributed by atoms with Crippen molar-refractivity contribution in [3.8, 4) is 0 Å². The Morgan fingerprint density at radius 2 is 1.88 bits per heavy atom. The molecule has 2 heterocycles. The summed E-state index contributed by atoms with van der Waals surface area (Å²) in [6.07, 6.45) is 3.42. The summed E-state index contributed by atoms with van der Waals surface area (Å²) in [5.41, 5.74) is 3.74. The van der Waals surface area contributed by atoms with Crippen molar-refractivity contribution in [2.75, 3.05) is 16.8 Å². The van der Waals surface area contributed by atoms with E-state index in [2.05, 4.69) is 29.6 Å². The van der Waals surface area contributed by atoms with Crippen LogP contribution in [0.5, 0.6) is 0 Å². The van der Waals surface area contributed by atoms with Gasteiger partial charge in [-0.15, -0.1) is 0 Å². The number of nitrogens with one attached hydrogen (secondary N) is 1. The van der Waals surface area contributed by atoms with Gasteiger partial charge in [-0.25, -0.2) is 0 Å². The summed E-state index contributed by atoms with van der Waals surface area (Å²) in [6.45, 7) is 0.579. The molecular weight excluding hydrogens is 371 g/mol. The first-order valence-corrected chi connectivity index (χ1v) is 10.5. The fourth-order valence-corrected chi connectivity index (χ4v) is 5.44. The molecule has 0 amide bonds. The van der Waals surface area contributed by atoms with Crippen molar-refractivity contribution in [1.29, 1.82) is 0 Å². The quantitative estimate of drug-likeness (QED) is 0.672. The van der Waals surface area contributed by atoms with Gasteiger partial charge in [-0.1, -0.05) is 47.5 Å². The first kappa shape index (κ1) is 17.3. The van der Waals surface area contributed by atoms with Crippen LogP contribution in [0.1, 0.15) is 24.0 Å². The van der Waals surface area contributed by atoms with Crippen molar-refractivity contribution in [3.63, 3.8) is 0 Å². The van der Waals surface area contributed by atoms with Crippen LogP contribution in [0.25, 0.3) is 0 Å². The molecular formula is C20H20Cl2N2S. The van der Waals surface area contributed by atoms with Crippen molar-refractivity contribution < 1.29 is 0 Å². The predicted molar refractivity (Wildman–Crippen MR) is 110 cm³/mol. The molecule has 2 aliphatic rings. The van der Waals surface area contributed by atoms with E-state index in [4.69, 9.17) is 28.2 Å². The summed E-state index contributed by atoms with van der Waals surface area (Å²) in [4.78, 5) is 4.99. The van der Waals surface area contributed by atoms with Crippen LogP contribution in [0.2, 0.25) is 10.0 Å². The van der Waals surface area contributed by atoms with Gasteiger partial charge in [0.05, 0.1) is 6.54 Å². The molecule has 2 aromatic carbocycles. The third kappa shape index (κ3) is 3.55. The Labute approximate surface area is 163 Å². The van der Waals surface area contributed by atoms with Crippen molar-refractivity contribution in [2.24, 2.45) is 10.4 Å². The predicted octanol–water partition coefficient (Wildman–Crippen LogP) is 6.07. The number of para-hydroxylation sites is 1. The highest BCUT2D eigenvalue weighted by molar-refractivity contribution is 7.99. The van der Waals surface area contributed by atoms with E-state index in [0.717, 1.165) is 17.8 Å². The molecule has 25 heavy (non-hydrogen) atoms. The van der Waals surface area contributed by atoms with Crippen molar-refractivity contribution >= 4 is 46.5 Å². The maximum atomic E-state index is 6.33. The normalized spacial score (nSPS) is 20.3. The van der Waals surface area contributed by atoms with Crippen LogP contribution in [0.4, 0.5) is 5.69 Å². The molecule has 0 aromatic heterocycles. The maximum absolute atomic E-state index is 6.33. The SMILES string of the molecule is Clc1ccc(CN=C2Nc3ccccc3CC23CCSCC3)c(Cl)c1. The highest BCUT2D eigenvalue weighted by Gasteiger charge is 2.41. The van der Waals surface area contributed by atoms with Gasteiger partial charge in [-0.2, -0.15) is 11.8 Å². The summed E-state index contributed by atoms with van der Waals surface area (Å²) in [5.74, 6) is 3.52. The second kappa shape index (κ2) is 7.22. The number of benzene rings is 2. The van der Waals surface area contributed by atoms with Crippen LogP contribution in [-0.2, 0) is 13.0 Å². The van der Waals surface area contributed by atoms with E-state index in [1.807, 2.05) is 23.9 Å². The molecule has 5 heteroatoms. The minimum Gasteiger partial charge on any atom is -0.343 e. The van der Waals surface area contributed by atoms with Crippen LogP contribution in [-0.4, -0.2) is 17.3 Å². The van der Waals surface area contributed by atoms with E-state index in [9.17, 15) is 0 Å². The Hall–Kier alpha value is -1.16. The fourth-order valence-electron chi connectivity index (χ4n) is 3.70. The molecule has 0 atom stereocenters. The maximum Gasteiger partial charge on any atom is 0.108 e. The van der Waals surface area contributed by atoms with Crippen molar-refractivity contribution in [3.05, 3.63) is 63.6 Å². The molecule has 0 radical (unpaired) electrons. The highest BCUT2D eigenvalue weighted by atomic mass is 35.5. The second-order valence-corrected chi connectivity index (χ2v) is 8.82. The molecule has 130 valence electrons. The van der Waals surface area contributed by atoms with Crippen molar-refractivity contribution in [1.82, 2.24) is 0 Å². The molecule has 1 N–H and O–H groups in total. The van der Waals surface area contributed by atoms with E-state index >= 15 is 0 Å². The van der Waals surface area contributed by atoms with Gasteiger partial charge in [0.25, 0.3) is 0 Å². The molecule has 4 rings (SSSR count). The van der Waals surface area contributed by atoms with Gasteiger partial charge in [0.1, 0.15) is 5.84 Å². The number of nitrogens with zero attached hydrogens (tertiary/aromatic N) is 1. The molecule has 0 aliphatic carbocycles. The molecule has 2 aromatic rings. The molecule has 2 nitrogen and oxygen atoms in total. The lowest BCUT2D eigenvalue weighted by molar-refractivity contribution is 0.377. The fraction of sp³-hybridized carbons (Fsp3) is 0.350. The number of halogens is 2. The number of hydrogen-bond donors (Lipinski definition) is 1. The smallest absolute Gasteiger partial charge is 0.108 e. The summed E-state index contributed by atoms with van der Waals surface area (Å²) in [5, 5.41) is 4.97. The monoisotopic (exact) mass is 390 g/mol. The molecule has 1 spiro atoms. The highest BCUT2D eigenvalue weighted by Crippen LogP contribution is 2.44. The molecule has 0 saturated carbocycles. The molecule has 1 saturated heterocycles. The third-order valence-electron chi connectivity index (χ3n) is 5.17. The summed E-state index contributed by atoms with van der Waals surface area (Å²) in [7, 11) is 0. The Morgan fingerprint density at radius 3 is 2.68 bits per heavy atom. The molecule has 1 fully saturated rings. The third-order valence-corrected chi connectivity index (χ3v) is 6.75. The number of aliphatic imine (C=N–C) groups is 1. The van der Waals surface area contributed by atoms with Gasteiger partial charge in [0.2, 0.25) is 0 Å². The Bertz CT molecular complexity index is 813. The largest absolute Gasteiger partial charge is 0.343 e. The van der Waals surface area contributed by atoms with Gasteiger partial charge >= 0.3 is 0 Å². The zero-order chi connectivity index (χ0) is 17.3. The van der Waals surface area contributed by atoms with Crippen LogP contribution in [0, 0.1) is 5.41 Å². The van der Waals surface area contributed by atoms with Crippen LogP contribution < -0.4 is 5.32 Å². The number of anilines is 1. The average Bonchev–Trinajstić information content (AvgIpc) is 2.62. The van der Waals surface area contributed by atoms with Crippen molar-refractivity contribution in [2.45, 2.75) is 25.8 Å². The first-order chi connectivity index (χ1) is 12.2. The minimum absolute atomic E-state index is 0.137. The van der Waals surface area contributed by atoms with Crippen LogP contribution in [0.3, 0.4) is 0 Å². The summed E-state index contributed by atoms with van der Waals surface area (Å²) in [6, 6.07) is 14.2. The number of fused-ring (bicyclic) bond motifs is 1. The van der Waals surface area contributed by atoms with E-state index < -0.39 is 0 Å². The number of amidine groups is 1. The van der Waals surface area contributed by atoms with Gasteiger partial charge in [-0.05, 0) is 60.1 Å². The number of hydrogen-bond acceptors (Lipinski definition) is 2. The second-order valence-electron chi connectivity index (χ2n) is 6.75. The van der Waals surface area contributed by atoms with E-state index in [1.54, 1.807) is 6.07 Å². The van der Waals surface area contributed by atoms with Crippen LogP contribution >= 0.6 is 35.0 Å². The topological polar surface area (TPSA) is 24.4 Å². The number of thioether (sulfide) groups is 1. The van der Waals surface area contributed by atoms with Crippen LogP contribution in [0.15, 0.2) is 47.5 Å². The standard InChI is InChI=1S/C20H20Cl2N2S/c21-16-6-5-15(17(22)11-16)13-23-19-20(7-9-25-10-8-20)12-14-3-1-2-4-18(14)24-19/h1-6,11H,7-10,12-13H2,(H,23,24). The summed E-state index contributed by atoms with van der Waals surface area (Å²) < 4.78 is 0. The van der Waals surface area contributed by atoms with E-state index in [1.165, 1.54) is 35.6 Å². The molecule has 0 unspecified atom stereocenters. The Balaban J connectivity index is 1.67. The number of rotatable bonds is 2.